The smallest absolute Gasteiger partial charge is 0.256 e. The SMILES string of the molecule is COc1ccc(NC(=O)CNC(=O)c2c(F)cccc2Cl)cc1Cl. The van der Waals surface area contributed by atoms with Gasteiger partial charge in [-0.25, -0.2) is 4.39 Å². The molecule has 0 heterocycles. The van der Waals surface area contributed by atoms with Gasteiger partial charge in [0.15, 0.2) is 0 Å². The number of rotatable bonds is 5. The summed E-state index contributed by atoms with van der Waals surface area (Å²) in [6.07, 6.45) is 0. The van der Waals surface area contributed by atoms with Gasteiger partial charge < -0.3 is 15.4 Å². The van der Waals surface area contributed by atoms with Gasteiger partial charge >= 0.3 is 0 Å². The van der Waals surface area contributed by atoms with E-state index >= 15 is 0 Å². The average Bonchev–Trinajstić information content (AvgIpc) is 2.53. The van der Waals surface area contributed by atoms with Crippen molar-refractivity contribution >= 4 is 40.7 Å². The molecule has 0 saturated carbocycles. The Bertz CT molecular complexity index is 764. The molecule has 0 aliphatic carbocycles. The first-order valence-corrected chi connectivity index (χ1v) is 7.53. The van der Waals surface area contributed by atoms with Crippen LogP contribution in [0.3, 0.4) is 0 Å². The highest BCUT2D eigenvalue weighted by molar-refractivity contribution is 6.34. The van der Waals surface area contributed by atoms with E-state index in [-0.39, 0.29) is 17.1 Å². The Labute approximate surface area is 147 Å². The molecule has 0 aromatic heterocycles. The molecule has 0 aliphatic rings. The highest BCUT2D eigenvalue weighted by atomic mass is 35.5. The first-order chi connectivity index (χ1) is 11.4. The molecule has 2 rings (SSSR count). The third-order valence-corrected chi connectivity index (χ3v) is 3.65. The van der Waals surface area contributed by atoms with Gasteiger partial charge in [0, 0.05) is 5.69 Å². The molecule has 0 unspecified atom stereocenters. The molecule has 0 radical (unpaired) electrons. The lowest BCUT2D eigenvalue weighted by Crippen LogP contribution is -2.33. The van der Waals surface area contributed by atoms with Crippen molar-refractivity contribution in [1.29, 1.82) is 0 Å². The zero-order valence-corrected chi connectivity index (χ0v) is 14.0. The molecule has 5 nitrogen and oxygen atoms in total. The van der Waals surface area contributed by atoms with Crippen molar-refractivity contribution in [3.63, 3.8) is 0 Å². The Hall–Kier alpha value is -2.31. The molecule has 8 heteroatoms. The zero-order valence-electron chi connectivity index (χ0n) is 12.5. The molecular weight excluding hydrogens is 358 g/mol. The molecule has 0 aliphatic heterocycles. The largest absolute Gasteiger partial charge is 0.495 e. The van der Waals surface area contributed by atoms with Gasteiger partial charge in [-0.3, -0.25) is 9.59 Å². The number of methoxy groups -OCH3 is 1. The van der Waals surface area contributed by atoms with Crippen LogP contribution in [0.15, 0.2) is 36.4 Å². The number of carbonyl (C=O) groups excluding carboxylic acids is 2. The predicted molar refractivity (Wildman–Crippen MR) is 90.4 cm³/mol. The van der Waals surface area contributed by atoms with Crippen LogP contribution in [0, 0.1) is 5.82 Å². The van der Waals surface area contributed by atoms with E-state index in [0.29, 0.717) is 16.5 Å². The molecule has 0 bridgehead atoms. The monoisotopic (exact) mass is 370 g/mol. The second-order valence-electron chi connectivity index (χ2n) is 4.68. The number of carbonyl (C=O) groups is 2. The lowest BCUT2D eigenvalue weighted by molar-refractivity contribution is -0.115. The minimum absolute atomic E-state index is 0.0326. The third kappa shape index (κ3) is 4.37. The van der Waals surface area contributed by atoms with Gasteiger partial charge in [0.2, 0.25) is 5.91 Å². The minimum atomic E-state index is -0.777. The van der Waals surface area contributed by atoms with E-state index in [2.05, 4.69) is 10.6 Å². The number of hydrogen-bond donors (Lipinski definition) is 2. The Kier molecular flexibility index (Phi) is 6.00. The van der Waals surface area contributed by atoms with Gasteiger partial charge in [-0.2, -0.15) is 0 Å². The number of anilines is 1. The van der Waals surface area contributed by atoms with Crippen LogP contribution in [0.4, 0.5) is 10.1 Å². The lowest BCUT2D eigenvalue weighted by Gasteiger charge is -2.10. The van der Waals surface area contributed by atoms with Crippen molar-refractivity contribution in [2.45, 2.75) is 0 Å². The van der Waals surface area contributed by atoms with E-state index < -0.39 is 17.6 Å². The maximum Gasteiger partial charge on any atom is 0.256 e. The number of amides is 2. The van der Waals surface area contributed by atoms with Crippen molar-refractivity contribution in [3.8, 4) is 5.75 Å². The number of halogens is 3. The van der Waals surface area contributed by atoms with Gasteiger partial charge in [0.1, 0.15) is 11.6 Å². The lowest BCUT2D eigenvalue weighted by atomic mass is 10.2. The maximum atomic E-state index is 13.6. The number of benzene rings is 2. The normalized spacial score (nSPS) is 10.2. The van der Waals surface area contributed by atoms with Crippen molar-refractivity contribution in [2.75, 3.05) is 19.0 Å². The summed E-state index contributed by atoms with van der Waals surface area (Å²) < 4.78 is 18.6. The summed E-state index contributed by atoms with van der Waals surface area (Å²) in [5, 5.41) is 5.15. The molecule has 2 amide bonds. The number of ether oxygens (including phenoxy) is 1. The fraction of sp³-hybridized carbons (Fsp3) is 0.125. The predicted octanol–water partition coefficient (Wildman–Crippen LogP) is 3.51. The second kappa shape index (κ2) is 7.99. The molecule has 2 N–H and O–H groups in total. The first-order valence-electron chi connectivity index (χ1n) is 6.78. The van der Waals surface area contributed by atoms with Crippen LogP contribution in [-0.2, 0) is 4.79 Å². The fourth-order valence-corrected chi connectivity index (χ4v) is 2.42. The van der Waals surface area contributed by atoms with Crippen LogP contribution in [0.5, 0.6) is 5.75 Å². The van der Waals surface area contributed by atoms with E-state index in [4.69, 9.17) is 27.9 Å². The Morgan fingerprint density at radius 2 is 1.92 bits per heavy atom. The molecule has 0 saturated heterocycles. The average molecular weight is 371 g/mol. The molecule has 0 spiro atoms. The molecule has 2 aromatic rings. The fourth-order valence-electron chi connectivity index (χ4n) is 1.91. The summed E-state index contributed by atoms with van der Waals surface area (Å²) in [6, 6.07) is 8.58. The maximum absolute atomic E-state index is 13.6. The van der Waals surface area contributed by atoms with Crippen LogP contribution in [0.25, 0.3) is 0 Å². The van der Waals surface area contributed by atoms with Gasteiger partial charge in [0.25, 0.3) is 5.91 Å². The van der Waals surface area contributed by atoms with E-state index in [1.807, 2.05) is 0 Å². The van der Waals surface area contributed by atoms with Crippen LogP contribution < -0.4 is 15.4 Å². The molecule has 0 atom stereocenters. The summed E-state index contributed by atoms with van der Waals surface area (Å²) in [4.78, 5) is 23.8. The van der Waals surface area contributed by atoms with E-state index in [9.17, 15) is 14.0 Å². The topological polar surface area (TPSA) is 67.4 Å². The number of hydrogen-bond acceptors (Lipinski definition) is 3. The van der Waals surface area contributed by atoms with Crippen molar-refractivity contribution in [2.24, 2.45) is 0 Å². The zero-order chi connectivity index (χ0) is 17.7. The van der Waals surface area contributed by atoms with Crippen molar-refractivity contribution in [3.05, 3.63) is 57.8 Å². The summed E-state index contributed by atoms with van der Waals surface area (Å²) in [7, 11) is 1.48. The van der Waals surface area contributed by atoms with Gasteiger partial charge in [-0.05, 0) is 30.3 Å². The molecular formula is C16H13Cl2FN2O3. The Morgan fingerprint density at radius 3 is 2.54 bits per heavy atom. The highest BCUT2D eigenvalue weighted by Crippen LogP contribution is 2.27. The van der Waals surface area contributed by atoms with Crippen LogP contribution in [0.1, 0.15) is 10.4 Å². The number of nitrogens with one attached hydrogen (secondary N) is 2. The molecule has 2 aromatic carbocycles. The highest BCUT2D eigenvalue weighted by Gasteiger charge is 2.16. The second-order valence-corrected chi connectivity index (χ2v) is 5.49. The quantitative estimate of drug-likeness (QED) is 0.845. The van der Waals surface area contributed by atoms with Gasteiger partial charge in [0.05, 0.1) is 29.3 Å². The Morgan fingerprint density at radius 1 is 1.17 bits per heavy atom. The summed E-state index contributed by atoms with van der Waals surface area (Å²) in [5.41, 5.74) is 0.128. The van der Waals surface area contributed by atoms with Crippen LogP contribution in [0.2, 0.25) is 10.0 Å². The summed E-state index contributed by atoms with van der Waals surface area (Å²) in [6.45, 7) is -0.354. The first kappa shape index (κ1) is 18.0. The molecule has 126 valence electrons. The Balaban J connectivity index is 1.96. The van der Waals surface area contributed by atoms with Crippen molar-refractivity contribution < 1.29 is 18.7 Å². The van der Waals surface area contributed by atoms with E-state index in [1.54, 1.807) is 12.1 Å². The van der Waals surface area contributed by atoms with E-state index in [1.165, 1.54) is 25.3 Å². The minimum Gasteiger partial charge on any atom is -0.495 e. The van der Waals surface area contributed by atoms with Gasteiger partial charge in [-0.1, -0.05) is 29.3 Å². The standard InChI is InChI=1S/C16H13Cl2FN2O3/c1-24-13-6-5-9(7-11(13)18)21-14(22)8-20-16(23)15-10(17)3-2-4-12(15)19/h2-7H,8H2,1H3,(H,20,23)(H,21,22). The summed E-state index contributed by atoms with van der Waals surface area (Å²) >= 11 is 11.7. The summed E-state index contributed by atoms with van der Waals surface area (Å²) in [5.74, 6) is -1.57. The van der Waals surface area contributed by atoms with Gasteiger partial charge in [-0.15, -0.1) is 0 Å². The third-order valence-electron chi connectivity index (χ3n) is 3.03. The van der Waals surface area contributed by atoms with Crippen LogP contribution in [-0.4, -0.2) is 25.5 Å². The molecule has 0 fully saturated rings. The van der Waals surface area contributed by atoms with Crippen molar-refractivity contribution in [1.82, 2.24) is 5.32 Å². The van der Waals surface area contributed by atoms with Crippen LogP contribution >= 0.6 is 23.2 Å². The van der Waals surface area contributed by atoms with E-state index in [0.717, 1.165) is 6.07 Å². The molecule has 24 heavy (non-hydrogen) atoms.